The van der Waals surface area contributed by atoms with Gasteiger partial charge < -0.3 is 4.90 Å². The maximum atomic E-state index is 13.5. The minimum atomic E-state index is -2.94. The van der Waals surface area contributed by atoms with E-state index in [-0.39, 0.29) is 28.3 Å². The Morgan fingerprint density at radius 3 is 2.39 bits per heavy atom. The van der Waals surface area contributed by atoms with Gasteiger partial charge in [-0.1, -0.05) is 31.2 Å². The van der Waals surface area contributed by atoms with Crippen LogP contribution in [-0.2, 0) is 12.6 Å². The Morgan fingerprint density at radius 2 is 1.89 bits per heavy atom. The summed E-state index contributed by atoms with van der Waals surface area (Å²) in [7, 11) is 3.45. The van der Waals surface area contributed by atoms with Crippen LogP contribution in [0.15, 0.2) is 29.1 Å². The summed E-state index contributed by atoms with van der Waals surface area (Å²) in [6.07, 6.45) is 0.552. The number of rotatable bonds is 6. The Balaban J connectivity index is 2.18. The van der Waals surface area contributed by atoms with Crippen molar-refractivity contribution in [1.82, 2.24) is 19.7 Å². The van der Waals surface area contributed by atoms with Crippen LogP contribution in [-0.4, -0.2) is 33.8 Å². The van der Waals surface area contributed by atoms with Crippen LogP contribution in [0.2, 0.25) is 0 Å². The van der Waals surface area contributed by atoms with Crippen molar-refractivity contribution < 1.29 is 13.2 Å². The second kappa shape index (κ2) is 7.29. The lowest BCUT2D eigenvalue weighted by Crippen LogP contribution is -2.20. The van der Waals surface area contributed by atoms with Crippen molar-refractivity contribution in [1.29, 1.82) is 0 Å². The van der Waals surface area contributed by atoms with Crippen LogP contribution in [0.3, 0.4) is 0 Å². The summed E-state index contributed by atoms with van der Waals surface area (Å²) >= 11 is 0. The molecular formula is C19H22F3N5O. The monoisotopic (exact) mass is 393 g/mol. The molecule has 0 aliphatic heterocycles. The molecule has 28 heavy (non-hydrogen) atoms. The molecule has 2 heterocycles. The molecule has 0 aliphatic rings. The van der Waals surface area contributed by atoms with Crippen molar-refractivity contribution in [3.05, 3.63) is 51.4 Å². The van der Waals surface area contributed by atoms with E-state index in [0.717, 1.165) is 12.5 Å². The number of halogens is 3. The molecule has 1 aromatic carbocycles. The van der Waals surface area contributed by atoms with Crippen molar-refractivity contribution in [2.45, 2.75) is 38.9 Å². The van der Waals surface area contributed by atoms with Crippen molar-refractivity contribution >= 4 is 17.0 Å². The maximum Gasteiger partial charge on any atom is 0.270 e. The third-order valence-electron chi connectivity index (χ3n) is 4.66. The Hall–Kier alpha value is -2.84. The molecule has 150 valence electrons. The van der Waals surface area contributed by atoms with Crippen LogP contribution in [0, 0.1) is 0 Å². The largest absolute Gasteiger partial charge is 0.348 e. The van der Waals surface area contributed by atoms with Crippen molar-refractivity contribution in [2.24, 2.45) is 0 Å². The number of H-pyrrole nitrogens is 1. The minimum Gasteiger partial charge on any atom is -0.348 e. The molecule has 0 aliphatic carbocycles. The first kappa shape index (κ1) is 19.9. The Kier molecular flexibility index (Phi) is 5.18. The number of anilines is 1. The topological polar surface area (TPSA) is 66.8 Å². The molecule has 0 spiro atoms. The van der Waals surface area contributed by atoms with Crippen molar-refractivity contribution in [3.8, 4) is 0 Å². The van der Waals surface area contributed by atoms with Crippen LogP contribution in [0.4, 0.5) is 19.1 Å². The van der Waals surface area contributed by atoms with Crippen LogP contribution in [0.25, 0.3) is 11.0 Å². The van der Waals surface area contributed by atoms with Gasteiger partial charge in [-0.15, -0.1) is 0 Å². The van der Waals surface area contributed by atoms with Crippen molar-refractivity contribution in [3.63, 3.8) is 0 Å². The molecule has 0 amide bonds. The summed E-state index contributed by atoms with van der Waals surface area (Å²) in [5.74, 6) is -2.62. The average molecular weight is 393 g/mol. The van der Waals surface area contributed by atoms with Gasteiger partial charge in [0.2, 0.25) is 5.95 Å². The highest BCUT2D eigenvalue weighted by Gasteiger charge is 2.26. The fourth-order valence-electron chi connectivity index (χ4n) is 3.17. The first-order valence-corrected chi connectivity index (χ1v) is 8.90. The van der Waals surface area contributed by atoms with Gasteiger partial charge in [0.05, 0.1) is 6.04 Å². The number of fused-ring (bicyclic) bond motifs is 1. The zero-order valence-corrected chi connectivity index (χ0v) is 16.1. The third kappa shape index (κ3) is 3.48. The van der Waals surface area contributed by atoms with Crippen LogP contribution >= 0.6 is 0 Å². The van der Waals surface area contributed by atoms with Gasteiger partial charge in [0.1, 0.15) is 17.8 Å². The average Bonchev–Trinajstić information content (AvgIpc) is 3.01. The molecule has 0 saturated heterocycles. The predicted octanol–water partition coefficient (Wildman–Crippen LogP) is 3.77. The van der Waals surface area contributed by atoms with Crippen molar-refractivity contribution in [2.75, 3.05) is 19.0 Å². The fraction of sp³-hybridized carbons (Fsp3) is 0.421. The van der Waals surface area contributed by atoms with Gasteiger partial charge in [0.15, 0.2) is 5.65 Å². The number of hydrogen-bond acceptors (Lipinski definition) is 4. The zero-order valence-electron chi connectivity index (χ0n) is 16.1. The number of benzene rings is 1. The molecule has 1 atom stereocenters. The molecule has 0 radical (unpaired) electrons. The number of nitrogens with one attached hydrogen (secondary N) is 1. The molecule has 1 N–H and O–H groups in total. The highest BCUT2D eigenvalue weighted by molar-refractivity contribution is 5.78. The van der Waals surface area contributed by atoms with E-state index in [1.54, 1.807) is 31.1 Å². The highest BCUT2D eigenvalue weighted by Crippen LogP contribution is 2.31. The Labute approximate surface area is 160 Å². The molecule has 1 unspecified atom stereocenters. The summed E-state index contributed by atoms with van der Waals surface area (Å²) in [5.41, 5.74) is 0.425. The van der Waals surface area contributed by atoms with Crippen LogP contribution < -0.4 is 10.5 Å². The number of hydrogen-bond donors (Lipinski definition) is 1. The van der Waals surface area contributed by atoms with Crippen LogP contribution in [0.5, 0.6) is 0 Å². The second-order valence-corrected chi connectivity index (χ2v) is 6.94. The Morgan fingerprint density at radius 1 is 1.25 bits per heavy atom. The molecule has 3 rings (SSSR count). The lowest BCUT2D eigenvalue weighted by molar-refractivity contribution is 0.0174. The van der Waals surface area contributed by atoms with Gasteiger partial charge in [-0.05, 0) is 12.0 Å². The lowest BCUT2D eigenvalue weighted by atomic mass is 10.0. The summed E-state index contributed by atoms with van der Waals surface area (Å²) in [4.78, 5) is 21.2. The minimum absolute atomic E-state index is 0.00391. The van der Waals surface area contributed by atoms with Crippen LogP contribution in [0.1, 0.15) is 43.1 Å². The number of aromatic amines is 1. The Bertz CT molecular complexity index is 1030. The first-order chi connectivity index (χ1) is 13.2. The zero-order chi connectivity index (χ0) is 20.6. The van der Waals surface area contributed by atoms with E-state index in [1.165, 1.54) is 16.8 Å². The van der Waals surface area contributed by atoms with Gasteiger partial charge in [0, 0.05) is 26.6 Å². The van der Waals surface area contributed by atoms with Gasteiger partial charge in [0.25, 0.3) is 11.5 Å². The molecular weight excluding hydrogens is 371 g/mol. The van der Waals surface area contributed by atoms with Gasteiger partial charge in [-0.25, -0.2) is 17.9 Å². The molecule has 0 fully saturated rings. The second-order valence-electron chi connectivity index (χ2n) is 6.94. The van der Waals surface area contributed by atoms with E-state index in [4.69, 9.17) is 0 Å². The maximum absolute atomic E-state index is 13.5. The van der Waals surface area contributed by atoms with Gasteiger partial charge in [-0.3, -0.25) is 9.78 Å². The molecule has 9 heteroatoms. The smallest absolute Gasteiger partial charge is 0.270 e. The van der Waals surface area contributed by atoms with Gasteiger partial charge in [-0.2, -0.15) is 10.1 Å². The lowest BCUT2D eigenvalue weighted by Gasteiger charge is -2.19. The summed E-state index contributed by atoms with van der Waals surface area (Å²) in [6.45, 7) is 1.83. The SMILES string of the molecule is CCC(c1ccc(C(C)(F)F)cc1)n1nc(CF)c2c(=O)[nH]c(N(C)C)nc21. The molecule has 0 saturated carbocycles. The third-order valence-corrected chi connectivity index (χ3v) is 4.66. The number of nitrogens with zero attached hydrogens (tertiary/aromatic N) is 4. The van der Waals surface area contributed by atoms with E-state index in [2.05, 4.69) is 15.1 Å². The fourth-order valence-corrected chi connectivity index (χ4v) is 3.17. The normalized spacial score (nSPS) is 13.1. The quantitative estimate of drug-likeness (QED) is 0.692. The van der Waals surface area contributed by atoms with Gasteiger partial charge >= 0.3 is 0 Å². The predicted molar refractivity (Wildman–Crippen MR) is 102 cm³/mol. The molecule has 0 bridgehead atoms. The molecule has 2 aromatic heterocycles. The standard InChI is InChI=1S/C19H22F3N5O/c1-5-14(11-6-8-12(9-7-11)19(2,21)22)27-16-15(13(10-20)25-27)17(28)24-18(23-16)26(3)4/h6-9,14H,5,10H2,1-4H3,(H,23,24,28). The summed E-state index contributed by atoms with van der Waals surface area (Å²) < 4.78 is 42.0. The van der Waals surface area contributed by atoms with E-state index >= 15 is 0 Å². The molecule has 6 nitrogen and oxygen atoms in total. The van der Waals surface area contributed by atoms with E-state index in [9.17, 15) is 18.0 Å². The summed E-state index contributed by atoms with van der Waals surface area (Å²) in [6, 6.07) is 5.55. The molecule has 3 aromatic rings. The summed E-state index contributed by atoms with van der Waals surface area (Å²) in [5, 5.41) is 4.38. The number of aromatic nitrogens is 4. The highest BCUT2D eigenvalue weighted by atomic mass is 19.3. The van der Waals surface area contributed by atoms with E-state index in [1.807, 2.05) is 6.92 Å². The van der Waals surface area contributed by atoms with E-state index in [0.29, 0.717) is 12.4 Å². The number of alkyl halides is 3. The first-order valence-electron chi connectivity index (χ1n) is 8.90. The van der Waals surface area contributed by atoms with E-state index < -0.39 is 18.2 Å².